The number of hydrogen-bond donors (Lipinski definition) is 0. The number of nitrogens with zero attached hydrogens (tertiary/aromatic N) is 4. The summed E-state index contributed by atoms with van der Waals surface area (Å²) in [5, 5.41) is 0.483. The lowest BCUT2D eigenvalue weighted by molar-refractivity contribution is 0.0612. The Morgan fingerprint density at radius 3 is 2.67 bits per heavy atom. The van der Waals surface area contributed by atoms with Gasteiger partial charge in [0.15, 0.2) is 0 Å². The first-order valence-electron chi connectivity index (χ1n) is 10.7. The average Bonchev–Trinajstić information content (AvgIpc) is 3.07. The SMILES string of the molecule is COCCCn1c(C(=O)N2C[C@H](C)C[C@@H](C)C2)cc2c(=O)n3cccc(C)c3nc21. The zero-order chi connectivity index (χ0) is 21.4. The summed E-state index contributed by atoms with van der Waals surface area (Å²) >= 11 is 0. The van der Waals surface area contributed by atoms with Crippen molar-refractivity contribution in [2.24, 2.45) is 11.8 Å². The van der Waals surface area contributed by atoms with Crippen LogP contribution in [0.4, 0.5) is 0 Å². The van der Waals surface area contributed by atoms with Crippen LogP contribution < -0.4 is 5.56 Å². The van der Waals surface area contributed by atoms with E-state index >= 15 is 0 Å². The molecule has 0 N–H and O–H groups in total. The quantitative estimate of drug-likeness (QED) is 0.606. The third-order valence-corrected chi connectivity index (χ3v) is 6.00. The first kappa shape index (κ1) is 20.6. The summed E-state index contributed by atoms with van der Waals surface area (Å²) < 4.78 is 8.69. The van der Waals surface area contributed by atoms with Crippen molar-refractivity contribution in [3.8, 4) is 0 Å². The molecule has 1 aliphatic heterocycles. The molecule has 4 heterocycles. The fourth-order valence-corrected chi connectivity index (χ4v) is 4.72. The van der Waals surface area contributed by atoms with Gasteiger partial charge in [-0.25, -0.2) is 4.98 Å². The Bertz CT molecular complexity index is 1140. The lowest BCUT2D eigenvalue weighted by Crippen LogP contribution is -2.43. The molecule has 3 aromatic rings. The van der Waals surface area contributed by atoms with E-state index < -0.39 is 0 Å². The minimum atomic E-state index is -0.140. The summed E-state index contributed by atoms with van der Waals surface area (Å²) in [5.41, 5.74) is 2.53. The highest BCUT2D eigenvalue weighted by Crippen LogP contribution is 2.25. The van der Waals surface area contributed by atoms with Crippen LogP contribution in [0.15, 0.2) is 29.2 Å². The molecule has 1 saturated heterocycles. The number of piperidine rings is 1. The van der Waals surface area contributed by atoms with Crippen molar-refractivity contribution in [3.05, 3.63) is 46.0 Å². The van der Waals surface area contributed by atoms with Gasteiger partial charge in [-0.3, -0.25) is 14.0 Å². The van der Waals surface area contributed by atoms with Gasteiger partial charge in [0.25, 0.3) is 11.5 Å². The molecule has 0 spiro atoms. The van der Waals surface area contributed by atoms with Crippen molar-refractivity contribution in [2.75, 3.05) is 26.8 Å². The Kier molecular flexibility index (Phi) is 5.64. The highest BCUT2D eigenvalue weighted by atomic mass is 16.5. The largest absolute Gasteiger partial charge is 0.385 e. The van der Waals surface area contributed by atoms with Crippen molar-refractivity contribution < 1.29 is 9.53 Å². The maximum atomic E-state index is 13.5. The molecule has 0 radical (unpaired) electrons. The Hall–Kier alpha value is -2.67. The maximum Gasteiger partial charge on any atom is 0.270 e. The lowest BCUT2D eigenvalue weighted by Gasteiger charge is -2.35. The van der Waals surface area contributed by atoms with E-state index in [2.05, 4.69) is 13.8 Å². The van der Waals surface area contributed by atoms with Crippen LogP contribution in [0.3, 0.4) is 0 Å². The Labute approximate surface area is 176 Å². The number of likely N-dealkylation sites (tertiary alicyclic amines) is 1. The van der Waals surface area contributed by atoms with Crippen LogP contribution in [-0.2, 0) is 11.3 Å². The van der Waals surface area contributed by atoms with E-state index in [4.69, 9.17) is 9.72 Å². The van der Waals surface area contributed by atoms with Crippen LogP contribution in [0.2, 0.25) is 0 Å². The number of carbonyl (C=O) groups excluding carboxylic acids is 1. The van der Waals surface area contributed by atoms with Gasteiger partial charge >= 0.3 is 0 Å². The third-order valence-electron chi connectivity index (χ3n) is 6.00. The van der Waals surface area contributed by atoms with Crippen molar-refractivity contribution in [1.82, 2.24) is 18.9 Å². The van der Waals surface area contributed by atoms with Crippen molar-refractivity contribution in [3.63, 3.8) is 0 Å². The maximum absolute atomic E-state index is 13.5. The van der Waals surface area contributed by atoms with Gasteiger partial charge in [0.1, 0.15) is 17.0 Å². The lowest BCUT2D eigenvalue weighted by atomic mass is 9.92. The summed E-state index contributed by atoms with van der Waals surface area (Å²) in [6, 6.07) is 5.52. The molecule has 1 aliphatic rings. The molecule has 1 amide bonds. The highest BCUT2D eigenvalue weighted by molar-refractivity contribution is 5.98. The van der Waals surface area contributed by atoms with E-state index in [0.29, 0.717) is 47.4 Å². The molecule has 3 aromatic heterocycles. The topological polar surface area (TPSA) is 68.8 Å². The molecule has 0 aromatic carbocycles. The number of hydrogen-bond acceptors (Lipinski definition) is 4. The molecule has 30 heavy (non-hydrogen) atoms. The van der Waals surface area contributed by atoms with Crippen LogP contribution >= 0.6 is 0 Å². The van der Waals surface area contributed by atoms with E-state index in [1.165, 1.54) is 0 Å². The number of rotatable bonds is 5. The van der Waals surface area contributed by atoms with Crippen LogP contribution in [0.25, 0.3) is 16.7 Å². The van der Waals surface area contributed by atoms with Gasteiger partial charge in [0.2, 0.25) is 0 Å². The Balaban J connectivity index is 1.87. The molecule has 0 unspecified atom stereocenters. The van der Waals surface area contributed by atoms with Gasteiger partial charge in [-0.05, 0) is 49.3 Å². The number of aromatic nitrogens is 3. The molecule has 0 aliphatic carbocycles. The number of ether oxygens (including phenoxy) is 1. The van der Waals surface area contributed by atoms with Crippen molar-refractivity contribution >= 4 is 22.6 Å². The second-order valence-electron chi connectivity index (χ2n) is 8.72. The normalized spacial score (nSPS) is 19.7. The van der Waals surface area contributed by atoms with Crippen LogP contribution in [0, 0.1) is 18.8 Å². The second-order valence-corrected chi connectivity index (χ2v) is 8.72. The van der Waals surface area contributed by atoms with Crippen LogP contribution in [0.5, 0.6) is 0 Å². The van der Waals surface area contributed by atoms with Gasteiger partial charge in [0, 0.05) is 39.5 Å². The monoisotopic (exact) mass is 410 g/mol. The van der Waals surface area contributed by atoms with E-state index in [-0.39, 0.29) is 11.5 Å². The van der Waals surface area contributed by atoms with E-state index in [9.17, 15) is 9.59 Å². The highest BCUT2D eigenvalue weighted by Gasteiger charge is 2.29. The van der Waals surface area contributed by atoms with E-state index in [1.807, 2.05) is 28.5 Å². The first-order valence-corrected chi connectivity index (χ1v) is 10.7. The van der Waals surface area contributed by atoms with Gasteiger partial charge in [-0.2, -0.15) is 0 Å². The summed E-state index contributed by atoms with van der Waals surface area (Å²) in [4.78, 5) is 33.5. The van der Waals surface area contributed by atoms with Gasteiger partial charge in [0.05, 0.1) is 5.39 Å². The van der Waals surface area contributed by atoms with E-state index in [1.54, 1.807) is 23.8 Å². The van der Waals surface area contributed by atoms with Gasteiger partial charge in [-0.1, -0.05) is 19.9 Å². The predicted molar refractivity (Wildman–Crippen MR) is 117 cm³/mol. The summed E-state index contributed by atoms with van der Waals surface area (Å²) in [7, 11) is 1.66. The minimum Gasteiger partial charge on any atom is -0.385 e. The smallest absolute Gasteiger partial charge is 0.270 e. The molecule has 7 heteroatoms. The predicted octanol–water partition coefficient (Wildman–Crippen LogP) is 3.11. The average molecular weight is 411 g/mol. The first-order chi connectivity index (χ1) is 14.4. The van der Waals surface area contributed by atoms with Gasteiger partial charge in [-0.15, -0.1) is 0 Å². The standard InChI is InChI=1S/C23H30N4O3/c1-15-11-16(2)14-25(13-15)23(29)19-12-18-21(26(19)9-6-10-30-4)24-20-17(3)7-5-8-27(20)22(18)28/h5,7-8,12,15-16H,6,9-11,13-14H2,1-4H3/t15-,16-/m1/s1. The molecule has 1 fully saturated rings. The molecule has 0 saturated carbocycles. The number of pyridine rings is 1. The zero-order valence-corrected chi connectivity index (χ0v) is 18.2. The number of aryl methyl sites for hydroxylation is 2. The molecule has 0 bridgehead atoms. The van der Waals surface area contributed by atoms with Crippen molar-refractivity contribution in [2.45, 2.75) is 40.2 Å². The number of methoxy groups -OCH3 is 1. The molecular weight excluding hydrogens is 380 g/mol. The van der Waals surface area contributed by atoms with Crippen LogP contribution in [-0.4, -0.2) is 51.6 Å². The number of amides is 1. The fraction of sp³-hybridized carbons (Fsp3) is 0.522. The molecule has 2 atom stereocenters. The molecule has 4 rings (SSSR count). The summed E-state index contributed by atoms with van der Waals surface area (Å²) in [6.07, 6.45) is 3.60. The van der Waals surface area contributed by atoms with Crippen molar-refractivity contribution in [1.29, 1.82) is 0 Å². The van der Waals surface area contributed by atoms with E-state index in [0.717, 1.165) is 31.5 Å². The number of carbonyl (C=O) groups is 1. The zero-order valence-electron chi connectivity index (χ0n) is 18.2. The van der Waals surface area contributed by atoms with Crippen LogP contribution in [0.1, 0.15) is 42.7 Å². The minimum absolute atomic E-state index is 0.0194. The molecule has 160 valence electrons. The third kappa shape index (κ3) is 3.62. The fourth-order valence-electron chi connectivity index (χ4n) is 4.72. The summed E-state index contributed by atoms with van der Waals surface area (Å²) in [6.45, 7) is 8.96. The number of fused-ring (bicyclic) bond motifs is 2. The van der Waals surface area contributed by atoms with Gasteiger partial charge < -0.3 is 14.2 Å². The molecule has 7 nitrogen and oxygen atoms in total. The Morgan fingerprint density at radius 2 is 1.97 bits per heavy atom. The second kappa shape index (κ2) is 8.22. The summed E-state index contributed by atoms with van der Waals surface area (Å²) in [5.74, 6) is 0.921. The Morgan fingerprint density at radius 1 is 1.23 bits per heavy atom. The molecular formula is C23H30N4O3.